The summed E-state index contributed by atoms with van der Waals surface area (Å²) in [5.74, 6) is -0.871. The van der Waals surface area contributed by atoms with E-state index in [1.807, 2.05) is 6.92 Å². The number of carboxylic acid groups (broad SMARTS) is 1. The van der Waals surface area contributed by atoms with Crippen molar-refractivity contribution in [2.45, 2.75) is 19.3 Å². The van der Waals surface area contributed by atoms with E-state index < -0.39 is 5.97 Å². The number of fused-ring (bicyclic) bond motifs is 1. The van der Waals surface area contributed by atoms with Crippen LogP contribution in [0.1, 0.15) is 45.5 Å². The Balaban J connectivity index is 2.68. The number of hydrogen-bond acceptors (Lipinski definition) is 2. The zero-order chi connectivity index (χ0) is 10.3. The van der Waals surface area contributed by atoms with Gasteiger partial charge in [-0.05, 0) is 17.5 Å². The molecule has 0 spiro atoms. The lowest BCUT2D eigenvalue weighted by atomic mass is 9.97. The van der Waals surface area contributed by atoms with Gasteiger partial charge in [-0.3, -0.25) is 4.79 Å². The van der Waals surface area contributed by atoms with Crippen LogP contribution >= 0.6 is 0 Å². The Bertz CT molecular complexity index is 421. The second-order valence-electron chi connectivity index (χ2n) is 3.60. The number of ketones is 1. The maximum atomic E-state index is 11.5. The van der Waals surface area contributed by atoms with Gasteiger partial charge in [-0.15, -0.1) is 0 Å². The SMILES string of the molecule is CC1CC(=O)c2cccc(C(=O)O)c21. The molecule has 0 saturated carbocycles. The van der Waals surface area contributed by atoms with Gasteiger partial charge in [0.25, 0.3) is 0 Å². The van der Waals surface area contributed by atoms with Gasteiger partial charge in [0.05, 0.1) is 5.56 Å². The lowest BCUT2D eigenvalue weighted by molar-refractivity contribution is 0.0695. The van der Waals surface area contributed by atoms with Gasteiger partial charge in [-0.25, -0.2) is 4.79 Å². The van der Waals surface area contributed by atoms with Crippen molar-refractivity contribution in [1.82, 2.24) is 0 Å². The normalized spacial score (nSPS) is 19.5. The van der Waals surface area contributed by atoms with E-state index >= 15 is 0 Å². The van der Waals surface area contributed by atoms with Crippen molar-refractivity contribution in [1.29, 1.82) is 0 Å². The first-order valence-electron chi connectivity index (χ1n) is 4.50. The van der Waals surface area contributed by atoms with Crippen LogP contribution in [0.25, 0.3) is 0 Å². The molecule has 1 aromatic rings. The van der Waals surface area contributed by atoms with Gasteiger partial charge in [0.15, 0.2) is 5.78 Å². The minimum atomic E-state index is -0.955. The molecule has 0 saturated heterocycles. The number of carboxylic acids is 1. The molecular formula is C11H10O3. The first-order valence-corrected chi connectivity index (χ1v) is 4.50. The molecule has 1 unspecified atom stereocenters. The number of Topliss-reactive ketones (excluding diaryl/α,β-unsaturated/α-hetero) is 1. The van der Waals surface area contributed by atoms with Gasteiger partial charge in [0.2, 0.25) is 0 Å². The van der Waals surface area contributed by atoms with E-state index in [1.165, 1.54) is 0 Å². The molecule has 1 atom stereocenters. The predicted octanol–water partition coefficient (Wildman–Crippen LogP) is 2.07. The Kier molecular flexibility index (Phi) is 1.88. The largest absolute Gasteiger partial charge is 0.478 e. The minimum Gasteiger partial charge on any atom is -0.478 e. The van der Waals surface area contributed by atoms with E-state index in [-0.39, 0.29) is 17.3 Å². The van der Waals surface area contributed by atoms with Crippen molar-refractivity contribution in [3.05, 3.63) is 34.9 Å². The van der Waals surface area contributed by atoms with Crippen LogP contribution in [0.2, 0.25) is 0 Å². The summed E-state index contributed by atoms with van der Waals surface area (Å²) in [5.41, 5.74) is 1.54. The second-order valence-corrected chi connectivity index (χ2v) is 3.60. The van der Waals surface area contributed by atoms with Gasteiger partial charge in [0.1, 0.15) is 0 Å². The van der Waals surface area contributed by atoms with Crippen LogP contribution in [0.15, 0.2) is 18.2 Å². The average molecular weight is 190 g/mol. The number of hydrogen-bond donors (Lipinski definition) is 1. The average Bonchev–Trinajstić information content (AvgIpc) is 2.43. The number of rotatable bonds is 1. The molecule has 3 nitrogen and oxygen atoms in total. The molecule has 0 bridgehead atoms. The van der Waals surface area contributed by atoms with Crippen LogP contribution in [-0.2, 0) is 0 Å². The van der Waals surface area contributed by atoms with Crippen LogP contribution < -0.4 is 0 Å². The highest BCUT2D eigenvalue weighted by Crippen LogP contribution is 2.34. The van der Waals surface area contributed by atoms with Crippen molar-refractivity contribution in [2.75, 3.05) is 0 Å². The summed E-state index contributed by atoms with van der Waals surface area (Å²) in [6.07, 6.45) is 0.430. The summed E-state index contributed by atoms with van der Waals surface area (Å²) in [6.45, 7) is 1.89. The third-order valence-electron chi connectivity index (χ3n) is 2.62. The first-order chi connectivity index (χ1) is 6.61. The lowest BCUT2D eigenvalue weighted by Crippen LogP contribution is -2.03. The van der Waals surface area contributed by atoms with Crippen LogP contribution in [0.3, 0.4) is 0 Å². The highest BCUT2D eigenvalue weighted by atomic mass is 16.4. The van der Waals surface area contributed by atoms with Crippen molar-refractivity contribution >= 4 is 11.8 Å². The van der Waals surface area contributed by atoms with E-state index in [0.717, 1.165) is 0 Å². The fraction of sp³-hybridized carbons (Fsp3) is 0.273. The van der Waals surface area contributed by atoms with E-state index in [4.69, 9.17) is 5.11 Å². The topological polar surface area (TPSA) is 54.4 Å². The molecule has 1 N–H and O–H groups in total. The van der Waals surface area contributed by atoms with E-state index in [9.17, 15) is 9.59 Å². The van der Waals surface area contributed by atoms with Crippen molar-refractivity contribution in [3.8, 4) is 0 Å². The summed E-state index contributed by atoms with van der Waals surface area (Å²) in [5, 5.41) is 8.94. The molecule has 0 fully saturated rings. The first kappa shape index (κ1) is 8.94. The van der Waals surface area contributed by atoms with E-state index in [0.29, 0.717) is 17.5 Å². The lowest BCUT2D eigenvalue weighted by Gasteiger charge is -2.06. The van der Waals surface area contributed by atoms with Crippen LogP contribution in [0.5, 0.6) is 0 Å². The molecular weight excluding hydrogens is 180 g/mol. The summed E-state index contributed by atoms with van der Waals surface area (Å²) < 4.78 is 0. The molecule has 1 aliphatic carbocycles. The summed E-state index contributed by atoms with van der Waals surface area (Å²) in [4.78, 5) is 22.4. The molecule has 3 heteroatoms. The van der Waals surface area contributed by atoms with Gasteiger partial charge in [0, 0.05) is 12.0 Å². The van der Waals surface area contributed by atoms with Crippen LogP contribution in [0.4, 0.5) is 0 Å². The molecule has 72 valence electrons. The van der Waals surface area contributed by atoms with Gasteiger partial charge < -0.3 is 5.11 Å². The molecule has 0 aliphatic heterocycles. The maximum Gasteiger partial charge on any atom is 0.335 e. The Morgan fingerprint density at radius 3 is 2.86 bits per heavy atom. The van der Waals surface area contributed by atoms with Crippen molar-refractivity contribution < 1.29 is 14.7 Å². The molecule has 2 rings (SSSR count). The highest BCUT2D eigenvalue weighted by molar-refractivity contribution is 6.04. The van der Waals surface area contributed by atoms with Crippen LogP contribution in [0, 0.1) is 0 Å². The highest BCUT2D eigenvalue weighted by Gasteiger charge is 2.29. The predicted molar refractivity (Wildman–Crippen MR) is 50.8 cm³/mol. The Morgan fingerprint density at radius 1 is 1.50 bits per heavy atom. The third kappa shape index (κ3) is 1.13. The molecule has 0 heterocycles. The van der Waals surface area contributed by atoms with E-state index in [1.54, 1.807) is 18.2 Å². The molecule has 0 aromatic heterocycles. The molecule has 1 aliphatic rings. The Labute approximate surface area is 81.4 Å². The van der Waals surface area contributed by atoms with Crippen molar-refractivity contribution in [2.24, 2.45) is 0 Å². The quantitative estimate of drug-likeness (QED) is 0.737. The molecule has 0 amide bonds. The van der Waals surface area contributed by atoms with Gasteiger partial charge >= 0.3 is 5.97 Å². The number of carbonyl (C=O) groups excluding carboxylic acids is 1. The third-order valence-corrected chi connectivity index (χ3v) is 2.62. The number of benzene rings is 1. The molecule has 14 heavy (non-hydrogen) atoms. The van der Waals surface area contributed by atoms with Gasteiger partial charge in [-0.1, -0.05) is 19.1 Å². The van der Waals surface area contributed by atoms with E-state index in [2.05, 4.69) is 0 Å². The summed E-state index contributed by atoms with van der Waals surface area (Å²) in [7, 11) is 0. The summed E-state index contributed by atoms with van der Waals surface area (Å²) in [6, 6.07) is 4.88. The smallest absolute Gasteiger partial charge is 0.335 e. The Hall–Kier alpha value is -1.64. The van der Waals surface area contributed by atoms with Gasteiger partial charge in [-0.2, -0.15) is 0 Å². The zero-order valence-corrected chi connectivity index (χ0v) is 7.78. The van der Waals surface area contributed by atoms with Crippen molar-refractivity contribution in [3.63, 3.8) is 0 Å². The second kappa shape index (κ2) is 2.94. The fourth-order valence-electron chi connectivity index (χ4n) is 2.02. The minimum absolute atomic E-state index is 0.0322. The number of aromatic carboxylic acids is 1. The number of carbonyl (C=O) groups is 2. The maximum absolute atomic E-state index is 11.5. The monoisotopic (exact) mass is 190 g/mol. The zero-order valence-electron chi connectivity index (χ0n) is 7.78. The fourth-order valence-corrected chi connectivity index (χ4v) is 2.02. The Morgan fingerprint density at radius 2 is 2.21 bits per heavy atom. The van der Waals surface area contributed by atoms with Crippen LogP contribution in [-0.4, -0.2) is 16.9 Å². The molecule has 0 radical (unpaired) electrons. The summed E-state index contributed by atoms with van der Waals surface area (Å²) >= 11 is 0. The molecule has 1 aromatic carbocycles. The standard InChI is InChI=1S/C11H10O3/c1-6-5-9(12)7-3-2-4-8(10(6)7)11(13)14/h2-4,6H,5H2,1H3,(H,13,14).